The number of phenols is 2. The molecule has 0 radical (unpaired) electrons. The number of nitrogens with one attached hydrogen (secondary N) is 2. The Morgan fingerprint density at radius 3 is 2.42 bits per heavy atom. The Labute approximate surface area is 240 Å². The van der Waals surface area contributed by atoms with Crippen molar-refractivity contribution in [1.82, 2.24) is 5.32 Å². The largest absolute Gasteiger partial charge is 0.510 e. The number of aromatic hydroxyl groups is 2. The van der Waals surface area contributed by atoms with E-state index in [9.17, 15) is 29.7 Å². The average Bonchev–Trinajstić information content (AvgIpc) is 3.21. The first-order valence-corrected chi connectivity index (χ1v) is 13.5. The highest BCUT2D eigenvalue weighted by atomic mass is 35.5. The molecule has 0 heterocycles. The number of Topliss-reactive ketones (excluding diaryl/α,β-unsaturated/α-hetero) is 1. The summed E-state index contributed by atoms with van der Waals surface area (Å²) in [6.07, 6.45) is 16.3. The second-order valence-corrected chi connectivity index (χ2v) is 10.0. The molecule has 0 aromatic heterocycles. The summed E-state index contributed by atoms with van der Waals surface area (Å²) < 4.78 is 0. The molecule has 0 fully saturated rings. The molecule has 0 unspecified atom stereocenters. The van der Waals surface area contributed by atoms with Crippen LogP contribution in [0, 0.1) is 5.92 Å². The first-order valence-electron chi connectivity index (χ1n) is 13.1. The summed E-state index contributed by atoms with van der Waals surface area (Å²) in [7, 11) is 0. The second-order valence-electron chi connectivity index (χ2n) is 9.67. The van der Waals surface area contributed by atoms with E-state index in [2.05, 4.69) is 30.6 Å². The zero-order valence-corrected chi connectivity index (χ0v) is 24.0. The van der Waals surface area contributed by atoms with Gasteiger partial charge >= 0.3 is 0 Å². The van der Waals surface area contributed by atoms with E-state index in [1.165, 1.54) is 36.4 Å². The van der Waals surface area contributed by atoms with Crippen LogP contribution < -0.4 is 10.6 Å². The fourth-order valence-corrected chi connectivity index (χ4v) is 4.26. The number of amides is 2. The minimum atomic E-state index is -0.563. The number of hydrogen-bond acceptors (Lipinski definition) is 6. The number of carbonyl (C=O) groups is 3. The van der Waals surface area contributed by atoms with Gasteiger partial charge in [0.15, 0.2) is 11.5 Å². The van der Waals surface area contributed by atoms with Crippen molar-refractivity contribution < 1.29 is 29.7 Å². The molecule has 0 spiro atoms. The third-order valence-electron chi connectivity index (χ3n) is 6.12. The third-order valence-corrected chi connectivity index (χ3v) is 6.50. The minimum absolute atomic E-state index is 0.0262. The van der Waals surface area contributed by atoms with Crippen molar-refractivity contribution >= 4 is 41.0 Å². The predicted molar refractivity (Wildman–Crippen MR) is 159 cm³/mol. The molecular formula is C31H37ClN2O6. The van der Waals surface area contributed by atoms with E-state index in [0.29, 0.717) is 11.5 Å². The molecule has 2 amide bonds. The Kier molecular flexibility index (Phi) is 12.5. The van der Waals surface area contributed by atoms with Crippen LogP contribution in [0.25, 0.3) is 6.08 Å². The van der Waals surface area contributed by atoms with Gasteiger partial charge in [-0.25, -0.2) is 0 Å². The molecule has 5 N–H and O–H groups in total. The number of allylic oxidation sites excluding steroid dienone is 9. The predicted octanol–water partition coefficient (Wildman–Crippen LogP) is 6.78. The van der Waals surface area contributed by atoms with E-state index in [0.717, 1.165) is 24.8 Å². The zero-order valence-electron chi connectivity index (χ0n) is 23.3. The number of ketones is 1. The molecule has 0 saturated heterocycles. The number of aliphatic hydroxyl groups is 1. The maximum absolute atomic E-state index is 12.7. The van der Waals surface area contributed by atoms with Crippen molar-refractivity contribution in [2.75, 3.05) is 5.32 Å². The molecule has 1 aliphatic rings. The van der Waals surface area contributed by atoms with Crippen LogP contribution in [0.3, 0.4) is 0 Å². The number of benzene rings is 1. The van der Waals surface area contributed by atoms with Gasteiger partial charge in [0, 0.05) is 36.1 Å². The van der Waals surface area contributed by atoms with E-state index in [-0.39, 0.29) is 57.9 Å². The van der Waals surface area contributed by atoms with Gasteiger partial charge < -0.3 is 26.0 Å². The molecule has 0 bridgehead atoms. The van der Waals surface area contributed by atoms with Gasteiger partial charge in [-0.2, -0.15) is 0 Å². The molecule has 8 nitrogen and oxygen atoms in total. The van der Waals surface area contributed by atoms with Crippen molar-refractivity contribution in [1.29, 1.82) is 0 Å². The van der Waals surface area contributed by atoms with Crippen LogP contribution in [0.2, 0.25) is 5.02 Å². The Hall–Kier alpha value is -4.04. The van der Waals surface area contributed by atoms with Crippen molar-refractivity contribution in [3.05, 3.63) is 81.8 Å². The maximum atomic E-state index is 12.7. The summed E-state index contributed by atoms with van der Waals surface area (Å²) in [5.74, 6) is -1.69. The lowest BCUT2D eigenvalue weighted by Gasteiger charge is -2.12. The van der Waals surface area contributed by atoms with Crippen molar-refractivity contribution in [3.8, 4) is 11.5 Å². The maximum Gasteiger partial charge on any atom is 0.251 e. The van der Waals surface area contributed by atoms with Gasteiger partial charge in [0.05, 0.1) is 10.7 Å². The summed E-state index contributed by atoms with van der Waals surface area (Å²) in [5.41, 5.74) is 1.44. The third kappa shape index (κ3) is 9.61. The van der Waals surface area contributed by atoms with Gasteiger partial charge in [-0.15, -0.1) is 0 Å². The molecule has 1 aromatic rings. The number of anilines is 1. The Balaban J connectivity index is 2.03. The summed E-state index contributed by atoms with van der Waals surface area (Å²) in [6.45, 7) is 7.89. The van der Waals surface area contributed by atoms with E-state index in [1.54, 1.807) is 19.1 Å². The number of hydrogen-bond donors (Lipinski definition) is 5. The molecule has 214 valence electrons. The van der Waals surface area contributed by atoms with Crippen LogP contribution in [0.15, 0.2) is 71.2 Å². The highest BCUT2D eigenvalue weighted by molar-refractivity contribution is 6.34. The number of halogens is 1. The average molecular weight is 569 g/mol. The molecule has 0 aliphatic heterocycles. The second kappa shape index (κ2) is 15.5. The Morgan fingerprint density at radius 2 is 1.77 bits per heavy atom. The fourth-order valence-electron chi connectivity index (χ4n) is 4.00. The molecule has 9 heteroatoms. The number of carbonyl (C=O) groups excluding carboxylic acids is 3. The Bertz CT molecular complexity index is 1320. The number of unbranched alkanes of at least 4 members (excludes halogenated alkanes) is 1. The normalized spacial score (nSPS) is 15.6. The monoisotopic (exact) mass is 568 g/mol. The first-order chi connectivity index (χ1) is 18.9. The lowest BCUT2D eigenvalue weighted by atomic mass is 10.0. The molecule has 40 heavy (non-hydrogen) atoms. The van der Waals surface area contributed by atoms with Crippen LogP contribution in [-0.4, -0.2) is 32.9 Å². The summed E-state index contributed by atoms with van der Waals surface area (Å²) in [5, 5.41) is 35.4. The van der Waals surface area contributed by atoms with Crippen molar-refractivity contribution in [3.63, 3.8) is 0 Å². The van der Waals surface area contributed by atoms with Crippen LogP contribution in [0.1, 0.15) is 65.4 Å². The first kappa shape index (κ1) is 32.2. The van der Waals surface area contributed by atoms with Crippen LogP contribution in [0.5, 0.6) is 11.5 Å². The molecule has 1 atom stereocenters. The molecule has 0 saturated carbocycles. The highest BCUT2D eigenvalue weighted by Gasteiger charge is 2.23. The standard InChI is InChI=1S/C31H37ClN2O6/c1-5-6-11-19(2)16-20(3)17-21(4)31(40)33-23-18-26(37)22(28(32)30(23)39)12-9-7-8-10-13-27(38)34-29-24(35)14-15-25(29)36/h7-10,12-13,16-19,35,37,39H,5-6,11,14-15H2,1-4H3,(H,33,40)(H,34,38)/b8-7+,12-9+,13-10+,20-16+,21-17+/t19-/m1/s1. The van der Waals surface area contributed by atoms with Gasteiger partial charge in [0.25, 0.3) is 5.91 Å². The van der Waals surface area contributed by atoms with Crippen LogP contribution in [-0.2, 0) is 14.4 Å². The number of rotatable bonds is 12. The van der Waals surface area contributed by atoms with Gasteiger partial charge in [0.1, 0.15) is 17.2 Å². The van der Waals surface area contributed by atoms with Gasteiger partial charge in [-0.05, 0) is 32.3 Å². The molecule has 2 rings (SSSR count). The number of aliphatic hydroxyl groups excluding tert-OH is 1. The lowest BCUT2D eigenvalue weighted by molar-refractivity contribution is -0.119. The lowest BCUT2D eigenvalue weighted by Crippen LogP contribution is -2.24. The van der Waals surface area contributed by atoms with Crippen LogP contribution in [0.4, 0.5) is 5.69 Å². The fraction of sp³-hybridized carbons (Fsp3) is 0.323. The van der Waals surface area contributed by atoms with Crippen molar-refractivity contribution in [2.24, 2.45) is 5.92 Å². The van der Waals surface area contributed by atoms with Crippen molar-refractivity contribution in [2.45, 2.75) is 59.8 Å². The van der Waals surface area contributed by atoms with E-state index in [1.807, 2.05) is 6.92 Å². The van der Waals surface area contributed by atoms with Gasteiger partial charge in [-0.1, -0.05) is 80.3 Å². The molecule has 1 aromatic carbocycles. The highest BCUT2D eigenvalue weighted by Crippen LogP contribution is 2.41. The SMILES string of the molecule is CCCC[C@@H](C)/C=C(C)/C=C(\C)C(=O)Nc1cc(O)c(/C=C/C=C/C=C/C(=O)NC2=C(O)CCC2=O)c(Cl)c1O. The smallest absolute Gasteiger partial charge is 0.251 e. The Morgan fingerprint density at radius 1 is 1.07 bits per heavy atom. The van der Waals surface area contributed by atoms with Gasteiger partial charge in [-0.3, -0.25) is 14.4 Å². The van der Waals surface area contributed by atoms with Crippen LogP contribution >= 0.6 is 11.6 Å². The van der Waals surface area contributed by atoms with E-state index >= 15 is 0 Å². The van der Waals surface area contributed by atoms with E-state index in [4.69, 9.17) is 11.6 Å². The number of phenolic OH excluding ortho intramolecular Hbond substituents is 2. The summed E-state index contributed by atoms with van der Waals surface area (Å²) in [6, 6.07) is 1.21. The molecular weight excluding hydrogens is 532 g/mol. The van der Waals surface area contributed by atoms with Gasteiger partial charge in [0.2, 0.25) is 5.91 Å². The van der Waals surface area contributed by atoms with E-state index < -0.39 is 11.8 Å². The molecule has 1 aliphatic carbocycles. The summed E-state index contributed by atoms with van der Waals surface area (Å²) in [4.78, 5) is 36.2. The quantitative estimate of drug-likeness (QED) is 0.0815. The summed E-state index contributed by atoms with van der Waals surface area (Å²) >= 11 is 6.26. The zero-order chi connectivity index (χ0) is 29.8. The topological polar surface area (TPSA) is 136 Å². The minimum Gasteiger partial charge on any atom is -0.510 e.